The van der Waals surface area contributed by atoms with Crippen molar-refractivity contribution in [3.8, 4) is 11.5 Å². The summed E-state index contributed by atoms with van der Waals surface area (Å²) in [6.45, 7) is 7.58. The lowest BCUT2D eigenvalue weighted by atomic mass is 9.86. The molecule has 2 aliphatic rings. The maximum atomic E-state index is 6.00. The number of hydrogen-bond acceptors (Lipinski definition) is 3. The average Bonchev–Trinajstić information content (AvgIpc) is 2.54. The van der Waals surface area contributed by atoms with E-state index in [-0.39, 0.29) is 12.4 Å². The molecule has 0 amide bonds. The third-order valence-electron chi connectivity index (χ3n) is 4.61. The van der Waals surface area contributed by atoms with Gasteiger partial charge in [-0.15, -0.1) is 12.4 Å². The topological polar surface area (TPSA) is 21.7 Å². The van der Waals surface area contributed by atoms with Crippen LogP contribution in [-0.2, 0) is 0 Å². The number of hydrogen-bond donors (Lipinski definition) is 0. The molecular weight excluding hydrogens is 298 g/mol. The van der Waals surface area contributed by atoms with Crippen molar-refractivity contribution < 1.29 is 9.47 Å². The molecule has 2 heterocycles. The van der Waals surface area contributed by atoms with Gasteiger partial charge in [0.2, 0.25) is 0 Å². The molecule has 0 N–H and O–H groups in total. The fourth-order valence-corrected chi connectivity index (χ4v) is 3.44. The van der Waals surface area contributed by atoms with E-state index in [1.807, 2.05) is 12.1 Å². The van der Waals surface area contributed by atoms with Gasteiger partial charge >= 0.3 is 0 Å². The molecule has 122 valence electrons. The molecule has 22 heavy (non-hydrogen) atoms. The minimum atomic E-state index is 0. The summed E-state index contributed by atoms with van der Waals surface area (Å²) < 4.78 is 11.4. The van der Waals surface area contributed by atoms with Crippen LogP contribution in [0.3, 0.4) is 0 Å². The summed E-state index contributed by atoms with van der Waals surface area (Å²) in [5.41, 5.74) is 2.64. The second-order valence-electron chi connectivity index (χ2n) is 5.97. The van der Waals surface area contributed by atoms with Crippen molar-refractivity contribution in [3.05, 3.63) is 29.8 Å². The molecule has 0 aliphatic carbocycles. The first-order chi connectivity index (χ1) is 10.3. The Morgan fingerprint density at radius 2 is 2.14 bits per heavy atom. The highest BCUT2D eigenvalue weighted by Gasteiger charge is 2.34. The Balaban J connectivity index is 0.00000176. The van der Waals surface area contributed by atoms with Crippen LogP contribution in [0, 0.1) is 5.92 Å². The van der Waals surface area contributed by atoms with E-state index in [9.17, 15) is 0 Å². The van der Waals surface area contributed by atoms with Gasteiger partial charge < -0.3 is 9.47 Å². The van der Waals surface area contributed by atoms with E-state index >= 15 is 0 Å². The van der Waals surface area contributed by atoms with Gasteiger partial charge in [-0.3, -0.25) is 4.90 Å². The number of ether oxygens (including phenoxy) is 2. The van der Waals surface area contributed by atoms with Crippen LogP contribution in [0.4, 0.5) is 0 Å². The van der Waals surface area contributed by atoms with Crippen molar-refractivity contribution in [3.63, 3.8) is 0 Å². The molecule has 2 atom stereocenters. The lowest BCUT2D eigenvalue weighted by molar-refractivity contribution is 0.139. The second-order valence-corrected chi connectivity index (χ2v) is 5.97. The van der Waals surface area contributed by atoms with Gasteiger partial charge in [-0.05, 0) is 49.1 Å². The largest absolute Gasteiger partial charge is 0.497 e. The molecule has 1 aromatic carbocycles. The lowest BCUT2D eigenvalue weighted by Crippen LogP contribution is -2.47. The molecule has 2 aliphatic heterocycles. The van der Waals surface area contributed by atoms with E-state index in [4.69, 9.17) is 9.47 Å². The van der Waals surface area contributed by atoms with Gasteiger partial charge in [0.25, 0.3) is 0 Å². The predicted molar refractivity (Wildman–Crippen MR) is 93.1 cm³/mol. The lowest BCUT2D eigenvalue weighted by Gasteiger charge is -2.42. The molecule has 0 saturated carbocycles. The van der Waals surface area contributed by atoms with Crippen LogP contribution >= 0.6 is 12.4 Å². The highest BCUT2D eigenvalue weighted by atomic mass is 35.5. The molecule has 0 aromatic heterocycles. The van der Waals surface area contributed by atoms with E-state index in [0.717, 1.165) is 31.2 Å². The van der Waals surface area contributed by atoms with Crippen LogP contribution in [0.15, 0.2) is 24.3 Å². The van der Waals surface area contributed by atoms with Crippen LogP contribution in [0.25, 0.3) is 5.57 Å². The molecule has 0 unspecified atom stereocenters. The fraction of sp³-hybridized carbons (Fsp3) is 0.556. The molecule has 3 rings (SSSR count). The third-order valence-corrected chi connectivity index (χ3v) is 4.61. The molecule has 3 nitrogen and oxygen atoms in total. The van der Waals surface area contributed by atoms with E-state index in [1.54, 1.807) is 7.11 Å². The van der Waals surface area contributed by atoms with Crippen LogP contribution in [-0.4, -0.2) is 37.7 Å². The Labute approximate surface area is 139 Å². The molecule has 1 aromatic rings. The SMILES string of the molecule is CCCN1C[C@H](CC)C=C2c3cc(OC)ccc3OC[C@@H]21.Cl. The summed E-state index contributed by atoms with van der Waals surface area (Å²) in [5.74, 6) is 2.53. The molecule has 0 fully saturated rings. The molecule has 4 heteroatoms. The molecule has 0 bridgehead atoms. The van der Waals surface area contributed by atoms with Crippen molar-refractivity contribution in [1.82, 2.24) is 4.90 Å². The average molecular weight is 324 g/mol. The summed E-state index contributed by atoms with van der Waals surface area (Å²) in [6, 6.07) is 6.52. The summed E-state index contributed by atoms with van der Waals surface area (Å²) >= 11 is 0. The Hall–Kier alpha value is -1.19. The van der Waals surface area contributed by atoms with Gasteiger partial charge in [-0.2, -0.15) is 0 Å². The predicted octanol–water partition coefficient (Wildman–Crippen LogP) is 4.01. The quantitative estimate of drug-likeness (QED) is 0.835. The van der Waals surface area contributed by atoms with Crippen LogP contribution in [0.2, 0.25) is 0 Å². The zero-order valence-electron chi connectivity index (χ0n) is 13.7. The Bertz CT molecular complexity index is 544. The molecule has 0 radical (unpaired) electrons. The monoisotopic (exact) mass is 323 g/mol. The van der Waals surface area contributed by atoms with E-state index in [1.165, 1.54) is 24.0 Å². The number of fused-ring (bicyclic) bond motifs is 3. The third kappa shape index (κ3) is 3.11. The Morgan fingerprint density at radius 3 is 2.82 bits per heavy atom. The summed E-state index contributed by atoms with van der Waals surface area (Å²) in [4.78, 5) is 2.59. The molecule has 0 saturated heterocycles. The maximum Gasteiger partial charge on any atom is 0.127 e. The maximum absolute atomic E-state index is 6.00. The van der Waals surface area contributed by atoms with E-state index in [0.29, 0.717) is 12.0 Å². The second kappa shape index (κ2) is 7.38. The summed E-state index contributed by atoms with van der Waals surface area (Å²) in [5, 5.41) is 0. The van der Waals surface area contributed by atoms with Gasteiger partial charge in [0.15, 0.2) is 0 Å². The molecule has 0 spiro atoms. The highest BCUT2D eigenvalue weighted by Crippen LogP contribution is 2.40. The van der Waals surface area contributed by atoms with Gasteiger partial charge in [0.1, 0.15) is 18.1 Å². The van der Waals surface area contributed by atoms with E-state index < -0.39 is 0 Å². The zero-order valence-corrected chi connectivity index (χ0v) is 14.5. The van der Waals surface area contributed by atoms with Crippen molar-refractivity contribution in [2.45, 2.75) is 32.7 Å². The van der Waals surface area contributed by atoms with Crippen LogP contribution in [0.5, 0.6) is 11.5 Å². The Morgan fingerprint density at radius 1 is 1.32 bits per heavy atom. The summed E-state index contributed by atoms with van der Waals surface area (Å²) in [7, 11) is 1.72. The molecular formula is C18H26ClNO2. The van der Waals surface area contributed by atoms with Crippen molar-refractivity contribution in [1.29, 1.82) is 0 Å². The number of rotatable bonds is 4. The fourth-order valence-electron chi connectivity index (χ4n) is 3.44. The first-order valence-electron chi connectivity index (χ1n) is 8.03. The number of methoxy groups -OCH3 is 1. The minimum Gasteiger partial charge on any atom is -0.497 e. The minimum absolute atomic E-state index is 0. The summed E-state index contributed by atoms with van der Waals surface area (Å²) in [6.07, 6.45) is 4.85. The van der Waals surface area contributed by atoms with Gasteiger partial charge in [0, 0.05) is 12.1 Å². The van der Waals surface area contributed by atoms with E-state index in [2.05, 4.69) is 30.9 Å². The van der Waals surface area contributed by atoms with Crippen molar-refractivity contribution >= 4 is 18.0 Å². The van der Waals surface area contributed by atoms with Gasteiger partial charge in [-0.25, -0.2) is 0 Å². The number of nitrogens with zero attached hydrogens (tertiary/aromatic N) is 1. The first kappa shape index (κ1) is 17.2. The first-order valence-corrected chi connectivity index (χ1v) is 8.03. The smallest absolute Gasteiger partial charge is 0.127 e. The highest BCUT2D eigenvalue weighted by molar-refractivity contribution is 5.85. The number of benzene rings is 1. The standard InChI is InChI=1S/C18H25NO2.ClH/c1-4-8-19-11-13(5-2)9-15-16-10-14(20-3)6-7-18(16)21-12-17(15)19;/h6-7,9-10,13,17H,4-5,8,11-12H2,1-3H3;1H/t13-,17+;/m1./s1. The number of halogens is 1. The zero-order chi connectivity index (χ0) is 14.8. The van der Waals surface area contributed by atoms with Gasteiger partial charge in [0.05, 0.1) is 13.2 Å². The normalized spacial score (nSPS) is 23.5. The van der Waals surface area contributed by atoms with Crippen LogP contribution < -0.4 is 9.47 Å². The Kier molecular flexibility index (Phi) is 5.76. The van der Waals surface area contributed by atoms with Gasteiger partial charge in [-0.1, -0.05) is 19.9 Å². The van der Waals surface area contributed by atoms with Crippen molar-refractivity contribution in [2.75, 3.05) is 26.8 Å². The van der Waals surface area contributed by atoms with Crippen LogP contribution in [0.1, 0.15) is 32.3 Å². The van der Waals surface area contributed by atoms with Crippen molar-refractivity contribution in [2.24, 2.45) is 5.92 Å².